The van der Waals surface area contributed by atoms with Crippen LogP contribution in [0.2, 0.25) is 0 Å². The predicted octanol–water partition coefficient (Wildman–Crippen LogP) is 0.159. The molecule has 7 heteroatoms. The highest BCUT2D eigenvalue weighted by Gasteiger charge is 2.15. The van der Waals surface area contributed by atoms with Crippen LogP contribution in [0.5, 0.6) is 0 Å². The summed E-state index contributed by atoms with van der Waals surface area (Å²) in [6.45, 7) is 2.82. The number of carboxylic acids is 1. The molecule has 0 radical (unpaired) electrons. The number of hydrogen-bond donors (Lipinski definition) is 3. The Labute approximate surface area is 103 Å². The van der Waals surface area contributed by atoms with E-state index in [1.54, 1.807) is 0 Å². The van der Waals surface area contributed by atoms with Crippen LogP contribution in [0.25, 0.3) is 0 Å². The molecule has 0 aromatic rings. The van der Waals surface area contributed by atoms with E-state index in [0.29, 0.717) is 25.9 Å². The van der Waals surface area contributed by atoms with E-state index in [9.17, 15) is 13.2 Å². The van der Waals surface area contributed by atoms with Crippen molar-refractivity contribution in [1.29, 1.82) is 0 Å². The third kappa shape index (κ3) is 10.2. The number of nitrogens with one attached hydrogen (secondary N) is 2. The van der Waals surface area contributed by atoms with Gasteiger partial charge in [0, 0.05) is 6.54 Å². The lowest BCUT2D eigenvalue weighted by Crippen LogP contribution is -2.38. The van der Waals surface area contributed by atoms with Gasteiger partial charge in [0.2, 0.25) is 10.0 Å². The molecular weight excluding hydrogens is 244 g/mol. The molecule has 3 N–H and O–H groups in total. The first-order chi connectivity index (χ1) is 7.87. The molecule has 0 spiro atoms. The fourth-order valence-corrected chi connectivity index (χ4v) is 1.86. The Bertz CT molecular complexity index is 316. The number of aliphatic carboxylic acids is 1. The molecule has 0 saturated carbocycles. The third-order valence-corrected chi connectivity index (χ3v) is 2.98. The van der Waals surface area contributed by atoms with E-state index < -0.39 is 22.0 Å². The minimum absolute atomic E-state index is 0.325. The zero-order chi connectivity index (χ0) is 13.3. The second-order valence-corrected chi connectivity index (χ2v) is 5.84. The van der Waals surface area contributed by atoms with Crippen LogP contribution in [0.15, 0.2) is 0 Å². The second kappa shape index (κ2) is 8.43. The zero-order valence-corrected chi connectivity index (χ0v) is 11.2. The Morgan fingerprint density at radius 3 is 2.41 bits per heavy atom. The molecule has 1 unspecified atom stereocenters. The normalized spacial score (nSPS) is 13.5. The summed E-state index contributed by atoms with van der Waals surface area (Å²) in [7, 11) is -3.15. The molecule has 0 rings (SSSR count). The Hall–Kier alpha value is -0.660. The van der Waals surface area contributed by atoms with Gasteiger partial charge in [-0.25, -0.2) is 13.1 Å². The van der Waals surface area contributed by atoms with Crippen LogP contribution in [0, 0.1) is 0 Å². The van der Waals surface area contributed by atoms with Crippen molar-refractivity contribution in [3.8, 4) is 0 Å². The van der Waals surface area contributed by atoms with E-state index in [-0.39, 0.29) is 0 Å². The van der Waals surface area contributed by atoms with Crippen LogP contribution in [-0.4, -0.2) is 44.9 Å². The number of unbranched alkanes of at least 4 members (excludes halogenated alkanes) is 1. The second-order valence-electron chi connectivity index (χ2n) is 4.01. The number of carbonyl (C=O) groups is 1. The van der Waals surface area contributed by atoms with Crippen LogP contribution in [0.1, 0.15) is 32.6 Å². The monoisotopic (exact) mass is 266 g/mol. The lowest BCUT2D eigenvalue weighted by atomic mass is 10.1. The number of sulfonamides is 1. The van der Waals surface area contributed by atoms with Crippen LogP contribution < -0.4 is 10.0 Å². The van der Waals surface area contributed by atoms with Crippen molar-refractivity contribution < 1.29 is 18.3 Å². The fourth-order valence-electron chi connectivity index (χ4n) is 1.34. The molecule has 0 fully saturated rings. The average molecular weight is 266 g/mol. The number of rotatable bonds is 10. The van der Waals surface area contributed by atoms with Gasteiger partial charge in [-0.1, -0.05) is 19.8 Å². The average Bonchev–Trinajstić information content (AvgIpc) is 2.20. The maximum Gasteiger partial charge on any atom is 0.320 e. The van der Waals surface area contributed by atoms with Gasteiger partial charge < -0.3 is 10.4 Å². The molecule has 1 atom stereocenters. The highest BCUT2D eigenvalue weighted by molar-refractivity contribution is 7.88. The van der Waals surface area contributed by atoms with E-state index in [0.717, 1.165) is 19.1 Å². The van der Waals surface area contributed by atoms with E-state index in [1.165, 1.54) is 0 Å². The van der Waals surface area contributed by atoms with Crippen molar-refractivity contribution in [2.45, 2.75) is 38.6 Å². The van der Waals surface area contributed by atoms with Crippen molar-refractivity contribution in [3.05, 3.63) is 0 Å². The van der Waals surface area contributed by atoms with Gasteiger partial charge in [0.25, 0.3) is 0 Å². The van der Waals surface area contributed by atoms with E-state index in [1.807, 2.05) is 6.92 Å². The third-order valence-electron chi connectivity index (χ3n) is 2.25. The lowest BCUT2D eigenvalue weighted by Gasteiger charge is -2.13. The maximum absolute atomic E-state index is 10.9. The van der Waals surface area contributed by atoms with Gasteiger partial charge in [-0.2, -0.15) is 0 Å². The Balaban J connectivity index is 3.72. The van der Waals surface area contributed by atoms with Crippen molar-refractivity contribution in [2.75, 3.05) is 19.3 Å². The minimum atomic E-state index is -3.15. The maximum atomic E-state index is 10.9. The molecule has 0 bridgehead atoms. The van der Waals surface area contributed by atoms with Crippen LogP contribution in [0.3, 0.4) is 0 Å². The zero-order valence-electron chi connectivity index (χ0n) is 10.4. The molecule has 102 valence electrons. The molecular formula is C10H22N2O4S. The first-order valence-corrected chi connectivity index (χ1v) is 7.66. The number of carboxylic acid groups (broad SMARTS) is 1. The molecule has 6 nitrogen and oxygen atoms in total. The molecule has 0 aromatic carbocycles. The van der Waals surface area contributed by atoms with E-state index in [2.05, 4.69) is 10.0 Å². The van der Waals surface area contributed by atoms with Crippen molar-refractivity contribution in [2.24, 2.45) is 0 Å². The van der Waals surface area contributed by atoms with Crippen LogP contribution in [0.4, 0.5) is 0 Å². The Morgan fingerprint density at radius 2 is 1.94 bits per heavy atom. The smallest absolute Gasteiger partial charge is 0.320 e. The topological polar surface area (TPSA) is 95.5 Å². The first kappa shape index (κ1) is 16.3. The summed E-state index contributed by atoms with van der Waals surface area (Å²) in [5.41, 5.74) is 0. The quantitative estimate of drug-likeness (QED) is 0.489. The summed E-state index contributed by atoms with van der Waals surface area (Å²) in [4.78, 5) is 10.9. The summed E-state index contributed by atoms with van der Waals surface area (Å²) < 4.78 is 23.9. The van der Waals surface area contributed by atoms with Gasteiger partial charge in [-0.15, -0.1) is 0 Å². The number of hydrogen-bond acceptors (Lipinski definition) is 4. The summed E-state index contributed by atoms with van der Waals surface area (Å²) in [5.74, 6) is -0.852. The van der Waals surface area contributed by atoms with E-state index in [4.69, 9.17) is 5.11 Å². The fraction of sp³-hybridized carbons (Fsp3) is 0.900. The lowest BCUT2D eigenvalue weighted by molar-refractivity contribution is -0.139. The van der Waals surface area contributed by atoms with Crippen molar-refractivity contribution in [1.82, 2.24) is 10.0 Å². The largest absolute Gasteiger partial charge is 0.480 e. The molecule has 0 aliphatic carbocycles. The molecule has 0 aromatic heterocycles. The summed E-state index contributed by atoms with van der Waals surface area (Å²) in [6, 6.07) is -0.534. The van der Waals surface area contributed by atoms with Gasteiger partial charge in [0.15, 0.2) is 0 Å². The highest BCUT2D eigenvalue weighted by Crippen LogP contribution is 2.00. The first-order valence-electron chi connectivity index (χ1n) is 5.77. The molecule has 17 heavy (non-hydrogen) atoms. The van der Waals surface area contributed by atoms with Gasteiger partial charge in [0.1, 0.15) is 6.04 Å². The van der Waals surface area contributed by atoms with Crippen molar-refractivity contribution in [3.63, 3.8) is 0 Å². The highest BCUT2D eigenvalue weighted by atomic mass is 32.2. The van der Waals surface area contributed by atoms with Crippen LogP contribution >= 0.6 is 0 Å². The van der Waals surface area contributed by atoms with Gasteiger partial charge >= 0.3 is 5.97 Å². The standard InChI is InChI=1S/C10H22N2O4S/c1-3-4-6-9(10(13)14)11-7-5-8-12-17(2,15)16/h9,11-12H,3-8H2,1-2H3,(H,13,14). The van der Waals surface area contributed by atoms with Crippen LogP contribution in [-0.2, 0) is 14.8 Å². The minimum Gasteiger partial charge on any atom is -0.480 e. The summed E-state index contributed by atoms with van der Waals surface area (Å²) in [6.07, 6.45) is 4.10. The van der Waals surface area contributed by atoms with Gasteiger partial charge in [-0.3, -0.25) is 4.79 Å². The summed E-state index contributed by atoms with van der Waals surface area (Å²) >= 11 is 0. The van der Waals surface area contributed by atoms with Gasteiger partial charge in [0.05, 0.1) is 6.26 Å². The molecule has 0 heterocycles. The predicted molar refractivity (Wildman–Crippen MR) is 66.4 cm³/mol. The molecule has 0 aliphatic heterocycles. The van der Waals surface area contributed by atoms with Crippen molar-refractivity contribution >= 4 is 16.0 Å². The Kier molecular flexibility index (Phi) is 8.11. The van der Waals surface area contributed by atoms with Gasteiger partial charge in [-0.05, 0) is 19.4 Å². The van der Waals surface area contributed by atoms with E-state index >= 15 is 0 Å². The summed E-state index contributed by atoms with van der Waals surface area (Å²) in [5, 5.41) is 11.8. The Morgan fingerprint density at radius 1 is 1.29 bits per heavy atom. The SMILES string of the molecule is CCCCC(NCCCNS(C)(=O)=O)C(=O)O. The molecule has 0 saturated heterocycles. The molecule has 0 aliphatic rings. The molecule has 0 amide bonds.